The zero-order chi connectivity index (χ0) is 38.4. The number of nitrogens with one attached hydrogen (secondary N) is 2. The second-order valence-corrected chi connectivity index (χ2v) is 14.9. The number of benzene rings is 4. The van der Waals surface area contributed by atoms with Crippen LogP contribution in [0.25, 0.3) is 11.1 Å². The fraction of sp³-hybridized carbons (Fsp3) is 0.386. The lowest BCUT2D eigenvalue weighted by atomic mass is 9.84. The number of carbonyl (C=O) groups is 3. The number of piperidine rings is 1. The lowest BCUT2D eigenvalue weighted by Crippen LogP contribution is -2.57. The van der Waals surface area contributed by atoms with E-state index >= 15 is 0 Å². The molecule has 3 aliphatic rings. The molecule has 55 heavy (non-hydrogen) atoms. The van der Waals surface area contributed by atoms with Crippen molar-refractivity contribution in [1.29, 1.82) is 0 Å². The molecule has 0 aromatic heterocycles. The zero-order valence-electron chi connectivity index (χ0n) is 31.2. The molecule has 3 heterocycles. The quantitative estimate of drug-likeness (QED) is 0.131. The van der Waals surface area contributed by atoms with Gasteiger partial charge >= 0.3 is 5.97 Å². The van der Waals surface area contributed by atoms with E-state index in [0.717, 1.165) is 65.0 Å². The van der Waals surface area contributed by atoms with E-state index in [0.29, 0.717) is 26.2 Å². The number of likely N-dealkylation sites (tertiary alicyclic amines) is 1. The number of hydrogen-bond acceptors (Lipinski definition) is 8. The highest BCUT2D eigenvalue weighted by Gasteiger charge is 2.51. The van der Waals surface area contributed by atoms with Gasteiger partial charge in [-0.2, -0.15) is 0 Å². The van der Waals surface area contributed by atoms with Crippen LogP contribution in [0.1, 0.15) is 73.7 Å². The Hall–Kier alpha value is -5.07. The van der Waals surface area contributed by atoms with Gasteiger partial charge in [-0.25, -0.2) is 0 Å². The van der Waals surface area contributed by atoms with Crippen molar-refractivity contribution in [1.82, 2.24) is 15.5 Å². The average Bonchev–Trinajstić information content (AvgIpc) is 3.53. The molecule has 7 rings (SSSR count). The SMILES string of the molecule is CC1C(CN2CCC3(CC2)C(=O)NCN3c2ccccc2)OC(c2ccc(-c3ccccc3CNC(=O)CCCC(=O)O)cc2)OC1c1ccc(CO)cc1. The van der Waals surface area contributed by atoms with Crippen LogP contribution in [0.15, 0.2) is 103 Å². The number of carboxylic acids is 1. The highest BCUT2D eigenvalue weighted by Crippen LogP contribution is 2.43. The van der Waals surface area contributed by atoms with Crippen LogP contribution in [0, 0.1) is 5.92 Å². The van der Waals surface area contributed by atoms with Crippen LogP contribution < -0.4 is 15.5 Å². The molecule has 0 radical (unpaired) electrons. The molecule has 0 saturated carbocycles. The van der Waals surface area contributed by atoms with Crippen molar-refractivity contribution >= 4 is 23.5 Å². The molecule has 4 aromatic rings. The molecule has 4 N–H and O–H groups in total. The molecule has 3 saturated heterocycles. The molecule has 288 valence electrons. The number of aliphatic hydroxyl groups excluding tert-OH is 1. The number of carbonyl (C=O) groups excluding carboxylic acids is 2. The standard InChI is InChI=1S/C44H50N4O7/c1-30-38(27-47-24-22-44(23-25-47)43(53)46-29-48(44)36-9-3-2-4-10-36)54-42(55-41(30)33-16-14-31(28-49)15-17-33)34-20-18-32(19-21-34)37-11-6-5-8-35(37)26-45-39(50)12-7-13-40(51)52/h2-6,8-11,14-21,30,38,41-42,49H,7,12-13,22-29H2,1H3,(H,45,50)(H,46,53)(H,51,52). The summed E-state index contributed by atoms with van der Waals surface area (Å²) in [6, 6.07) is 34.1. The number of aliphatic carboxylic acids is 1. The molecule has 3 fully saturated rings. The van der Waals surface area contributed by atoms with E-state index < -0.39 is 17.8 Å². The molecule has 1 spiro atoms. The van der Waals surface area contributed by atoms with Gasteiger partial charge < -0.3 is 40.1 Å². The van der Waals surface area contributed by atoms with Gasteiger partial charge in [0.15, 0.2) is 6.29 Å². The minimum absolute atomic E-state index is 0.0215. The lowest BCUT2D eigenvalue weighted by molar-refractivity contribution is -0.276. The first-order valence-corrected chi connectivity index (χ1v) is 19.2. The Kier molecular flexibility index (Phi) is 11.9. The summed E-state index contributed by atoms with van der Waals surface area (Å²) < 4.78 is 13.6. The van der Waals surface area contributed by atoms with Crippen molar-refractivity contribution in [2.45, 2.75) is 76.2 Å². The third-order valence-electron chi connectivity index (χ3n) is 11.4. The number of anilines is 1. The van der Waals surface area contributed by atoms with Crippen molar-refractivity contribution in [2.24, 2.45) is 5.92 Å². The maximum Gasteiger partial charge on any atom is 0.303 e. The van der Waals surface area contributed by atoms with E-state index in [-0.39, 0.29) is 49.4 Å². The summed E-state index contributed by atoms with van der Waals surface area (Å²) in [7, 11) is 0. The topological polar surface area (TPSA) is 141 Å². The maximum atomic E-state index is 13.3. The third-order valence-corrected chi connectivity index (χ3v) is 11.4. The molecule has 4 aromatic carbocycles. The summed E-state index contributed by atoms with van der Waals surface area (Å²) in [5, 5.41) is 24.6. The number of hydrogen-bond donors (Lipinski definition) is 4. The molecule has 2 amide bonds. The molecule has 3 aliphatic heterocycles. The Labute approximate surface area is 322 Å². The fourth-order valence-corrected chi connectivity index (χ4v) is 8.18. The van der Waals surface area contributed by atoms with Crippen molar-refractivity contribution in [2.75, 3.05) is 31.2 Å². The van der Waals surface area contributed by atoms with Crippen LogP contribution >= 0.6 is 0 Å². The Balaban J connectivity index is 1.06. The summed E-state index contributed by atoms with van der Waals surface area (Å²) in [4.78, 5) is 41.2. The predicted molar refractivity (Wildman–Crippen MR) is 209 cm³/mol. The van der Waals surface area contributed by atoms with E-state index in [1.165, 1.54) is 0 Å². The summed E-state index contributed by atoms with van der Waals surface area (Å²) >= 11 is 0. The van der Waals surface area contributed by atoms with E-state index in [4.69, 9.17) is 14.6 Å². The van der Waals surface area contributed by atoms with Crippen molar-refractivity contribution < 1.29 is 34.1 Å². The van der Waals surface area contributed by atoms with Gasteiger partial charge in [0, 0.05) is 56.2 Å². The van der Waals surface area contributed by atoms with E-state index in [2.05, 4.69) is 39.5 Å². The van der Waals surface area contributed by atoms with Gasteiger partial charge in [-0.05, 0) is 59.2 Å². The number of amides is 2. The first kappa shape index (κ1) is 38.2. The highest BCUT2D eigenvalue weighted by molar-refractivity contribution is 5.93. The molecular weight excluding hydrogens is 697 g/mol. The monoisotopic (exact) mass is 746 g/mol. The van der Waals surface area contributed by atoms with Gasteiger partial charge in [0.25, 0.3) is 0 Å². The van der Waals surface area contributed by atoms with Crippen LogP contribution in [-0.4, -0.2) is 70.8 Å². The van der Waals surface area contributed by atoms with Gasteiger partial charge in [-0.15, -0.1) is 0 Å². The molecule has 0 bridgehead atoms. The van der Waals surface area contributed by atoms with E-state index in [9.17, 15) is 19.5 Å². The molecule has 11 nitrogen and oxygen atoms in total. The highest BCUT2D eigenvalue weighted by atomic mass is 16.7. The van der Waals surface area contributed by atoms with E-state index in [1.54, 1.807) is 0 Å². The fourth-order valence-electron chi connectivity index (χ4n) is 8.18. The van der Waals surface area contributed by atoms with Gasteiger partial charge in [-0.3, -0.25) is 14.4 Å². The van der Waals surface area contributed by atoms with Crippen LogP contribution in [0.3, 0.4) is 0 Å². The number of para-hydroxylation sites is 1. The minimum Gasteiger partial charge on any atom is -0.481 e. The largest absolute Gasteiger partial charge is 0.481 e. The van der Waals surface area contributed by atoms with Gasteiger partial charge in [-0.1, -0.05) is 97.9 Å². The Morgan fingerprint density at radius 3 is 2.27 bits per heavy atom. The van der Waals surface area contributed by atoms with Crippen molar-refractivity contribution in [3.63, 3.8) is 0 Å². The van der Waals surface area contributed by atoms with Crippen LogP contribution in [0.2, 0.25) is 0 Å². The molecule has 11 heteroatoms. The predicted octanol–water partition coefficient (Wildman–Crippen LogP) is 5.94. The maximum absolute atomic E-state index is 13.3. The normalized spacial score (nSPS) is 22.4. The second-order valence-electron chi connectivity index (χ2n) is 14.9. The molecular formula is C44H50N4O7. The number of aliphatic hydroxyl groups is 1. The molecule has 4 unspecified atom stereocenters. The number of nitrogens with zero attached hydrogens (tertiary/aromatic N) is 2. The van der Waals surface area contributed by atoms with Gasteiger partial charge in [0.2, 0.25) is 11.8 Å². The third kappa shape index (κ3) is 8.60. The lowest BCUT2D eigenvalue weighted by Gasteiger charge is -2.46. The van der Waals surface area contributed by atoms with Gasteiger partial charge in [0.05, 0.1) is 25.5 Å². The Morgan fingerprint density at radius 2 is 1.56 bits per heavy atom. The Morgan fingerprint density at radius 1 is 0.873 bits per heavy atom. The second kappa shape index (κ2) is 17.2. The zero-order valence-corrected chi connectivity index (χ0v) is 31.2. The minimum atomic E-state index is -0.908. The van der Waals surface area contributed by atoms with Crippen molar-refractivity contribution in [3.8, 4) is 11.1 Å². The molecule has 0 aliphatic carbocycles. The smallest absolute Gasteiger partial charge is 0.303 e. The van der Waals surface area contributed by atoms with E-state index in [1.807, 2.05) is 91.0 Å². The number of carboxylic acid groups (broad SMARTS) is 1. The summed E-state index contributed by atoms with van der Waals surface area (Å²) in [5.41, 5.74) is 6.18. The summed E-state index contributed by atoms with van der Waals surface area (Å²) in [6.07, 6.45) is 0.848. The Bertz CT molecular complexity index is 1930. The molecule has 4 atom stereocenters. The van der Waals surface area contributed by atoms with Crippen LogP contribution in [0.4, 0.5) is 5.69 Å². The first-order chi connectivity index (χ1) is 26.7. The van der Waals surface area contributed by atoms with Crippen LogP contribution in [0.5, 0.6) is 0 Å². The first-order valence-electron chi connectivity index (χ1n) is 19.2. The number of rotatable bonds is 13. The van der Waals surface area contributed by atoms with Crippen LogP contribution in [-0.2, 0) is 37.0 Å². The summed E-state index contributed by atoms with van der Waals surface area (Å²) in [6.45, 7) is 5.22. The van der Waals surface area contributed by atoms with Gasteiger partial charge in [0.1, 0.15) is 5.54 Å². The average molecular weight is 747 g/mol. The number of ether oxygens (including phenoxy) is 2. The summed E-state index contributed by atoms with van der Waals surface area (Å²) in [5.74, 6) is -0.964. The van der Waals surface area contributed by atoms with Crippen molar-refractivity contribution in [3.05, 3.63) is 125 Å².